The van der Waals surface area contributed by atoms with Gasteiger partial charge in [-0.15, -0.1) is 0 Å². The molecule has 0 aliphatic heterocycles. The molecule has 0 saturated heterocycles. The number of hydrogen-bond donors (Lipinski definition) is 4. The van der Waals surface area contributed by atoms with Crippen molar-refractivity contribution in [1.82, 2.24) is 10.6 Å². The molecule has 132 valence electrons. The summed E-state index contributed by atoms with van der Waals surface area (Å²) in [6, 6.07) is 2.28. The number of nitro benzene ring substituents is 1. The Morgan fingerprint density at radius 2 is 1.71 bits per heavy atom. The molecule has 0 aliphatic rings. The molecule has 3 atom stereocenters. The van der Waals surface area contributed by atoms with E-state index in [4.69, 9.17) is 14.9 Å². The van der Waals surface area contributed by atoms with Gasteiger partial charge < -0.3 is 25.6 Å². The van der Waals surface area contributed by atoms with E-state index >= 15 is 0 Å². The fourth-order valence-electron chi connectivity index (χ4n) is 2.04. The number of ether oxygens (including phenoxy) is 1. The smallest absolute Gasteiger partial charge is 0.405 e. The van der Waals surface area contributed by atoms with Gasteiger partial charge in [-0.2, -0.15) is 0 Å². The summed E-state index contributed by atoms with van der Waals surface area (Å²) in [6.45, 7) is 3.02. The van der Waals surface area contributed by atoms with Crippen molar-refractivity contribution in [2.24, 2.45) is 0 Å². The summed E-state index contributed by atoms with van der Waals surface area (Å²) in [5.41, 5.74) is -0.154. The van der Waals surface area contributed by atoms with Gasteiger partial charge in [-0.25, -0.2) is 9.59 Å². The highest BCUT2D eigenvalue weighted by atomic mass is 79.9. The number of nitrogens with one attached hydrogen (secondary N) is 2. The first-order valence-corrected chi connectivity index (χ1v) is 7.50. The molecule has 0 spiro atoms. The van der Waals surface area contributed by atoms with Crippen LogP contribution in [0.15, 0.2) is 22.7 Å². The Morgan fingerprint density at radius 3 is 2.08 bits per heavy atom. The van der Waals surface area contributed by atoms with Gasteiger partial charge in [-0.1, -0.05) is 0 Å². The monoisotopic (exact) mass is 405 g/mol. The molecule has 1 aromatic rings. The largest absolute Gasteiger partial charge is 0.485 e. The van der Waals surface area contributed by atoms with Crippen LogP contribution in [0.4, 0.5) is 15.3 Å². The first kappa shape index (κ1) is 19.5. The Bertz CT molecular complexity index is 618. The number of benzene rings is 1. The molecule has 1 aromatic carbocycles. The molecule has 24 heavy (non-hydrogen) atoms. The predicted octanol–water partition coefficient (Wildman–Crippen LogP) is 2.42. The van der Waals surface area contributed by atoms with Crippen molar-refractivity contribution >= 4 is 33.8 Å². The van der Waals surface area contributed by atoms with E-state index in [1.54, 1.807) is 0 Å². The Hall–Kier alpha value is -2.56. The van der Waals surface area contributed by atoms with E-state index < -0.39 is 35.3 Å². The highest BCUT2D eigenvalue weighted by Gasteiger charge is 2.29. The van der Waals surface area contributed by atoms with Gasteiger partial charge in [-0.3, -0.25) is 10.1 Å². The molecule has 0 heterocycles. The molecule has 11 heteroatoms. The Morgan fingerprint density at radius 1 is 1.21 bits per heavy atom. The van der Waals surface area contributed by atoms with Crippen LogP contribution in [0.1, 0.15) is 13.8 Å². The predicted molar refractivity (Wildman–Crippen MR) is 86.5 cm³/mol. The minimum atomic E-state index is -1.29. The Labute approximate surface area is 145 Å². The van der Waals surface area contributed by atoms with Crippen molar-refractivity contribution in [2.75, 3.05) is 0 Å². The molecule has 0 fully saturated rings. The molecule has 4 N–H and O–H groups in total. The van der Waals surface area contributed by atoms with E-state index in [0.717, 1.165) is 0 Å². The lowest BCUT2D eigenvalue weighted by Crippen LogP contribution is -2.54. The normalized spacial score (nSPS) is 14.1. The number of carboxylic acid groups (broad SMARTS) is 2. The first-order valence-electron chi connectivity index (χ1n) is 6.71. The summed E-state index contributed by atoms with van der Waals surface area (Å²) in [7, 11) is 0. The zero-order valence-electron chi connectivity index (χ0n) is 12.7. The van der Waals surface area contributed by atoms with Gasteiger partial charge in [0, 0.05) is 12.1 Å². The second-order valence-electron chi connectivity index (χ2n) is 4.93. The highest BCUT2D eigenvalue weighted by Crippen LogP contribution is 2.30. The molecule has 0 aliphatic carbocycles. The van der Waals surface area contributed by atoms with E-state index in [-0.39, 0.29) is 15.9 Å². The third kappa shape index (κ3) is 5.57. The number of halogens is 1. The summed E-state index contributed by atoms with van der Waals surface area (Å²) in [5.74, 6) is 0.212. The second kappa shape index (κ2) is 8.34. The number of rotatable bonds is 7. The van der Waals surface area contributed by atoms with E-state index in [9.17, 15) is 19.7 Å². The van der Waals surface area contributed by atoms with E-state index in [0.29, 0.717) is 0 Å². The van der Waals surface area contributed by atoms with Gasteiger partial charge in [0.2, 0.25) is 0 Å². The van der Waals surface area contributed by atoms with Crippen molar-refractivity contribution in [3.05, 3.63) is 32.8 Å². The fraction of sp³-hybridized carbons (Fsp3) is 0.385. The number of nitrogens with zero attached hydrogens (tertiary/aromatic N) is 1. The first-order chi connectivity index (χ1) is 11.1. The number of amides is 2. The summed E-state index contributed by atoms with van der Waals surface area (Å²) < 4.78 is 5.97. The van der Waals surface area contributed by atoms with Gasteiger partial charge in [0.25, 0.3) is 5.69 Å². The van der Waals surface area contributed by atoms with Crippen molar-refractivity contribution in [3.63, 3.8) is 0 Å². The fourth-order valence-corrected chi connectivity index (χ4v) is 2.50. The number of non-ortho nitro benzene ring substituents is 1. The van der Waals surface area contributed by atoms with Gasteiger partial charge in [-0.05, 0) is 35.8 Å². The minimum Gasteiger partial charge on any atom is -0.485 e. The molecule has 0 aromatic heterocycles. The minimum absolute atomic E-state index is 0.154. The topological polar surface area (TPSA) is 151 Å². The SMILES string of the molecule is C[C@H](NC(=O)O)[C@@H](Oc1ccc([N+](=O)[O-])cc1Br)[C@@H](C)NC(=O)O. The van der Waals surface area contributed by atoms with Crippen LogP contribution in [-0.2, 0) is 0 Å². The Balaban J connectivity index is 3.05. The van der Waals surface area contributed by atoms with Crippen LogP contribution in [0.5, 0.6) is 5.75 Å². The molecule has 0 radical (unpaired) electrons. The van der Waals surface area contributed by atoms with Crippen LogP contribution >= 0.6 is 15.9 Å². The number of nitro groups is 1. The molecule has 1 rings (SSSR count). The summed E-state index contributed by atoms with van der Waals surface area (Å²) >= 11 is 3.14. The van der Waals surface area contributed by atoms with Gasteiger partial charge >= 0.3 is 12.2 Å². The van der Waals surface area contributed by atoms with Crippen molar-refractivity contribution in [1.29, 1.82) is 0 Å². The maximum atomic E-state index is 10.8. The molecular formula is C13H16BrN3O7. The van der Waals surface area contributed by atoms with E-state index in [1.807, 2.05) is 0 Å². The van der Waals surface area contributed by atoms with Gasteiger partial charge in [0.15, 0.2) is 0 Å². The number of hydrogen-bond acceptors (Lipinski definition) is 5. The molecule has 2 amide bonds. The van der Waals surface area contributed by atoms with Crippen LogP contribution in [0.25, 0.3) is 0 Å². The molecule has 0 saturated carbocycles. The van der Waals surface area contributed by atoms with E-state index in [2.05, 4.69) is 26.6 Å². The molecule has 10 nitrogen and oxygen atoms in total. The van der Waals surface area contributed by atoms with Crippen LogP contribution in [0, 0.1) is 10.1 Å². The molecule has 0 bridgehead atoms. The zero-order valence-corrected chi connectivity index (χ0v) is 14.3. The number of carbonyl (C=O) groups is 2. The summed E-state index contributed by atoms with van der Waals surface area (Å²) in [5, 5.41) is 32.8. The Kier molecular flexibility index (Phi) is 6.77. The average Bonchev–Trinajstić information content (AvgIpc) is 2.43. The van der Waals surface area contributed by atoms with Gasteiger partial charge in [0.05, 0.1) is 21.5 Å². The van der Waals surface area contributed by atoms with Crippen LogP contribution in [0.3, 0.4) is 0 Å². The van der Waals surface area contributed by atoms with Crippen LogP contribution in [0.2, 0.25) is 0 Å². The summed E-state index contributed by atoms with van der Waals surface area (Å²) in [6.07, 6.45) is -3.47. The highest BCUT2D eigenvalue weighted by molar-refractivity contribution is 9.10. The van der Waals surface area contributed by atoms with E-state index in [1.165, 1.54) is 32.0 Å². The standard InChI is InChI=1S/C13H16BrN3O7/c1-6(15-12(18)19)11(7(2)16-13(20)21)24-10-4-3-8(17(22)23)5-9(10)14/h3-7,11,15-16H,1-2H3,(H,18,19)(H,20,21)/t6-,7+,11+. The second-order valence-corrected chi connectivity index (χ2v) is 5.78. The van der Waals surface area contributed by atoms with Crippen LogP contribution in [-0.4, -0.2) is 45.5 Å². The van der Waals surface area contributed by atoms with Gasteiger partial charge in [0.1, 0.15) is 11.9 Å². The summed E-state index contributed by atoms with van der Waals surface area (Å²) in [4.78, 5) is 31.8. The average molecular weight is 406 g/mol. The lowest BCUT2D eigenvalue weighted by Gasteiger charge is -2.30. The van der Waals surface area contributed by atoms with Crippen molar-refractivity contribution < 1.29 is 29.5 Å². The van der Waals surface area contributed by atoms with Crippen molar-refractivity contribution in [2.45, 2.75) is 32.0 Å². The molecule has 0 unspecified atom stereocenters. The third-order valence-electron chi connectivity index (χ3n) is 3.08. The maximum absolute atomic E-state index is 10.8. The quantitative estimate of drug-likeness (QED) is 0.401. The lowest BCUT2D eigenvalue weighted by molar-refractivity contribution is -0.385. The van der Waals surface area contributed by atoms with Crippen LogP contribution < -0.4 is 15.4 Å². The third-order valence-corrected chi connectivity index (χ3v) is 3.70. The maximum Gasteiger partial charge on any atom is 0.405 e. The molecular weight excluding hydrogens is 390 g/mol. The lowest BCUT2D eigenvalue weighted by atomic mass is 10.1. The zero-order chi connectivity index (χ0) is 18.4. The van der Waals surface area contributed by atoms with Crippen molar-refractivity contribution in [3.8, 4) is 5.75 Å².